The van der Waals surface area contributed by atoms with Gasteiger partial charge in [0.05, 0.1) is 12.7 Å². The zero-order valence-electron chi connectivity index (χ0n) is 6.76. The molecule has 3 N–H and O–H groups in total. The van der Waals surface area contributed by atoms with Crippen molar-refractivity contribution in [3.05, 3.63) is 12.7 Å². The molecule has 1 heterocycles. The van der Waals surface area contributed by atoms with Gasteiger partial charge in [-0.25, -0.2) is 0 Å². The van der Waals surface area contributed by atoms with Gasteiger partial charge in [-0.15, -0.1) is 6.58 Å². The molecule has 4 nitrogen and oxygen atoms in total. The second-order valence-corrected chi connectivity index (χ2v) is 2.90. The molecule has 1 fully saturated rings. The summed E-state index contributed by atoms with van der Waals surface area (Å²) in [6.45, 7) is 3.23. The van der Waals surface area contributed by atoms with E-state index >= 15 is 0 Å². The predicted octanol–water partition coefficient (Wildman–Crippen LogP) is -0.956. The average molecular weight is 174 g/mol. The van der Waals surface area contributed by atoms with Crippen molar-refractivity contribution in [1.82, 2.24) is 0 Å². The summed E-state index contributed by atoms with van der Waals surface area (Å²) in [5.41, 5.74) is 0. The first-order chi connectivity index (χ1) is 5.70. The van der Waals surface area contributed by atoms with Gasteiger partial charge < -0.3 is 20.1 Å². The molecule has 0 radical (unpaired) electrons. The van der Waals surface area contributed by atoms with Gasteiger partial charge in [-0.05, 0) is 6.42 Å². The van der Waals surface area contributed by atoms with E-state index in [1.165, 1.54) is 0 Å². The normalized spacial score (nSPS) is 41.6. The number of hydrogen-bond donors (Lipinski definition) is 3. The van der Waals surface area contributed by atoms with Crippen LogP contribution in [0.25, 0.3) is 0 Å². The number of aliphatic hydroxyl groups is 3. The number of aliphatic hydroxyl groups excluding tert-OH is 3. The summed E-state index contributed by atoms with van der Waals surface area (Å²) >= 11 is 0. The molecular formula is C8H14O4. The third kappa shape index (κ3) is 1.67. The molecule has 0 aromatic heterocycles. The second-order valence-electron chi connectivity index (χ2n) is 2.90. The molecule has 0 aromatic rings. The van der Waals surface area contributed by atoms with Gasteiger partial charge in [0.25, 0.3) is 0 Å². The van der Waals surface area contributed by atoms with Crippen LogP contribution < -0.4 is 0 Å². The monoisotopic (exact) mass is 174 g/mol. The summed E-state index contributed by atoms with van der Waals surface area (Å²) in [4.78, 5) is 0. The topological polar surface area (TPSA) is 69.9 Å². The molecule has 70 valence electrons. The van der Waals surface area contributed by atoms with E-state index in [1.54, 1.807) is 6.08 Å². The van der Waals surface area contributed by atoms with Crippen LogP contribution in [0.4, 0.5) is 0 Å². The largest absolute Gasteiger partial charge is 0.394 e. The van der Waals surface area contributed by atoms with Crippen molar-refractivity contribution in [2.45, 2.75) is 30.8 Å². The van der Waals surface area contributed by atoms with E-state index in [0.29, 0.717) is 6.42 Å². The number of rotatable bonds is 3. The fourth-order valence-corrected chi connectivity index (χ4v) is 1.34. The Hall–Kier alpha value is -0.420. The van der Waals surface area contributed by atoms with Gasteiger partial charge in [0.1, 0.15) is 18.3 Å². The van der Waals surface area contributed by atoms with Crippen molar-refractivity contribution in [2.24, 2.45) is 0 Å². The molecule has 1 aliphatic heterocycles. The van der Waals surface area contributed by atoms with Crippen LogP contribution in [0.3, 0.4) is 0 Å². The van der Waals surface area contributed by atoms with Gasteiger partial charge in [-0.3, -0.25) is 0 Å². The molecule has 2 unspecified atom stereocenters. The van der Waals surface area contributed by atoms with Crippen LogP contribution in [-0.4, -0.2) is 46.3 Å². The molecule has 1 aliphatic rings. The molecule has 0 bridgehead atoms. The molecule has 4 atom stereocenters. The molecular weight excluding hydrogens is 160 g/mol. The van der Waals surface area contributed by atoms with Crippen LogP contribution in [0.2, 0.25) is 0 Å². The van der Waals surface area contributed by atoms with Crippen molar-refractivity contribution in [3.63, 3.8) is 0 Å². The van der Waals surface area contributed by atoms with E-state index in [0.717, 1.165) is 0 Å². The standard InChI is InChI=1S/C8H14O4/c1-2-3-5-7(10)8(11)6(4-9)12-5/h2,5-11H,1,3-4H2/t5-,6+,7?,8?/m0/s1. The molecule has 0 amide bonds. The quantitative estimate of drug-likeness (QED) is 0.482. The van der Waals surface area contributed by atoms with Crippen LogP contribution in [0, 0.1) is 0 Å². The fourth-order valence-electron chi connectivity index (χ4n) is 1.34. The fraction of sp³-hybridized carbons (Fsp3) is 0.750. The minimum atomic E-state index is -0.986. The molecule has 12 heavy (non-hydrogen) atoms. The Bertz CT molecular complexity index is 159. The Balaban J connectivity index is 2.53. The zero-order valence-corrected chi connectivity index (χ0v) is 6.76. The van der Waals surface area contributed by atoms with Gasteiger partial charge in [-0.1, -0.05) is 6.08 Å². The van der Waals surface area contributed by atoms with Crippen molar-refractivity contribution in [1.29, 1.82) is 0 Å². The Morgan fingerprint density at radius 1 is 1.25 bits per heavy atom. The molecule has 1 rings (SSSR count). The third-order valence-corrected chi connectivity index (χ3v) is 2.04. The lowest BCUT2D eigenvalue weighted by Crippen LogP contribution is -2.33. The smallest absolute Gasteiger partial charge is 0.111 e. The lowest BCUT2D eigenvalue weighted by atomic mass is 10.1. The maximum atomic E-state index is 9.36. The van der Waals surface area contributed by atoms with Crippen LogP contribution in [0.1, 0.15) is 6.42 Å². The Kier molecular flexibility index (Phi) is 3.22. The summed E-state index contributed by atoms with van der Waals surface area (Å²) < 4.78 is 5.15. The highest BCUT2D eigenvalue weighted by molar-refractivity contribution is 4.93. The molecule has 0 aliphatic carbocycles. The highest BCUT2D eigenvalue weighted by atomic mass is 16.6. The SMILES string of the molecule is C=CC[C@@H]1O[C@H](CO)C(O)C1O. The molecule has 0 spiro atoms. The Morgan fingerprint density at radius 2 is 1.83 bits per heavy atom. The highest BCUT2D eigenvalue weighted by Gasteiger charge is 2.41. The van der Waals surface area contributed by atoms with Gasteiger partial charge in [-0.2, -0.15) is 0 Å². The van der Waals surface area contributed by atoms with E-state index in [1.807, 2.05) is 0 Å². The first kappa shape index (κ1) is 9.67. The maximum Gasteiger partial charge on any atom is 0.111 e. The molecule has 1 saturated heterocycles. The van der Waals surface area contributed by atoms with Gasteiger partial charge in [0.15, 0.2) is 0 Å². The minimum Gasteiger partial charge on any atom is -0.394 e. The lowest BCUT2D eigenvalue weighted by molar-refractivity contribution is -0.0208. The maximum absolute atomic E-state index is 9.36. The Labute approximate surface area is 71.1 Å². The molecule has 0 saturated carbocycles. The summed E-state index contributed by atoms with van der Waals surface area (Å²) in [5, 5.41) is 27.4. The molecule has 0 aromatic carbocycles. The summed E-state index contributed by atoms with van der Waals surface area (Å²) in [6, 6.07) is 0. The third-order valence-electron chi connectivity index (χ3n) is 2.04. The van der Waals surface area contributed by atoms with Gasteiger partial charge in [0, 0.05) is 0 Å². The first-order valence-corrected chi connectivity index (χ1v) is 3.94. The highest BCUT2D eigenvalue weighted by Crippen LogP contribution is 2.23. The van der Waals surface area contributed by atoms with Crippen LogP contribution >= 0.6 is 0 Å². The van der Waals surface area contributed by atoms with Crippen LogP contribution in [0.15, 0.2) is 12.7 Å². The minimum absolute atomic E-state index is 0.272. The average Bonchev–Trinajstić information content (AvgIpc) is 2.33. The number of ether oxygens (including phenoxy) is 1. The van der Waals surface area contributed by atoms with Crippen LogP contribution in [-0.2, 0) is 4.74 Å². The van der Waals surface area contributed by atoms with E-state index in [2.05, 4.69) is 6.58 Å². The summed E-state index contributed by atoms with van der Waals surface area (Å²) in [7, 11) is 0. The number of hydrogen-bond acceptors (Lipinski definition) is 4. The van der Waals surface area contributed by atoms with Gasteiger partial charge in [0.2, 0.25) is 0 Å². The molecule has 4 heteroatoms. The zero-order chi connectivity index (χ0) is 9.14. The lowest BCUT2D eigenvalue weighted by Gasteiger charge is -2.11. The Morgan fingerprint density at radius 3 is 2.25 bits per heavy atom. The van der Waals surface area contributed by atoms with E-state index in [4.69, 9.17) is 9.84 Å². The summed E-state index contributed by atoms with van der Waals surface area (Å²) in [6.07, 6.45) is -0.908. The van der Waals surface area contributed by atoms with Crippen molar-refractivity contribution >= 4 is 0 Å². The van der Waals surface area contributed by atoms with E-state index in [-0.39, 0.29) is 6.61 Å². The van der Waals surface area contributed by atoms with E-state index < -0.39 is 24.4 Å². The van der Waals surface area contributed by atoms with Crippen molar-refractivity contribution in [3.8, 4) is 0 Å². The summed E-state index contributed by atoms with van der Waals surface area (Å²) in [5.74, 6) is 0. The van der Waals surface area contributed by atoms with Crippen LogP contribution in [0.5, 0.6) is 0 Å². The first-order valence-electron chi connectivity index (χ1n) is 3.94. The predicted molar refractivity (Wildman–Crippen MR) is 42.6 cm³/mol. The van der Waals surface area contributed by atoms with Gasteiger partial charge >= 0.3 is 0 Å². The van der Waals surface area contributed by atoms with E-state index in [9.17, 15) is 10.2 Å². The second kappa shape index (κ2) is 4.00. The van der Waals surface area contributed by atoms with Crippen molar-refractivity contribution in [2.75, 3.05) is 6.61 Å². The van der Waals surface area contributed by atoms with Crippen molar-refractivity contribution < 1.29 is 20.1 Å².